The Kier molecular flexibility index (Phi) is 3.82. The van der Waals surface area contributed by atoms with Gasteiger partial charge >= 0.3 is 0 Å². The molecule has 1 aliphatic rings. The largest absolute Gasteiger partial charge is 0.360 e. The van der Waals surface area contributed by atoms with Gasteiger partial charge in [0.05, 0.1) is 5.69 Å². The quantitative estimate of drug-likeness (QED) is 0.942. The van der Waals surface area contributed by atoms with Gasteiger partial charge in [0.2, 0.25) is 10.0 Å². The third-order valence-corrected chi connectivity index (χ3v) is 5.01. The number of aryl methyl sites for hydroxylation is 2. The highest BCUT2D eigenvalue weighted by atomic mass is 32.2. The van der Waals surface area contributed by atoms with Crippen LogP contribution >= 0.6 is 0 Å². The topological polar surface area (TPSA) is 72.2 Å². The second kappa shape index (κ2) is 5.61. The molecular formula is C15H18N2O3S. The zero-order valence-corrected chi connectivity index (χ0v) is 12.7. The lowest BCUT2D eigenvalue weighted by atomic mass is 9.88. The molecule has 1 atom stereocenters. The molecule has 1 aromatic carbocycles. The molecule has 1 aliphatic carbocycles. The number of benzene rings is 1. The Morgan fingerprint density at radius 3 is 2.95 bits per heavy atom. The minimum absolute atomic E-state index is 0.149. The minimum Gasteiger partial charge on any atom is -0.360 e. The van der Waals surface area contributed by atoms with E-state index in [0.29, 0.717) is 11.5 Å². The third-order valence-electron chi connectivity index (χ3n) is 3.70. The van der Waals surface area contributed by atoms with E-state index in [0.717, 1.165) is 24.8 Å². The first-order valence-corrected chi connectivity index (χ1v) is 8.69. The highest BCUT2D eigenvalue weighted by Crippen LogP contribution is 2.30. The highest BCUT2D eigenvalue weighted by molar-refractivity contribution is 7.88. The second-order valence-electron chi connectivity index (χ2n) is 5.46. The van der Waals surface area contributed by atoms with Gasteiger partial charge in [0.25, 0.3) is 0 Å². The summed E-state index contributed by atoms with van der Waals surface area (Å²) in [6.07, 6.45) is 2.83. The van der Waals surface area contributed by atoms with Crippen LogP contribution < -0.4 is 4.72 Å². The molecule has 0 aliphatic heterocycles. The second-order valence-corrected chi connectivity index (χ2v) is 7.21. The smallest absolute Gasteiger partial charge is 0.219 e. The molecule has 112 valence electrons. The summed E-state index contributed by atoms with van der Waals surface area (Å²) in [6, 6.07) is 9.51. The average Bonchev–Trinajstić information content (AvgIpc) is 2.83. The van der Waals surface area contributed by atoms with Crippen molar-refractivity contribution >= 4 is 10.0 Å². The molecule has 0 saturated heterocycles. The molecule has 0 radical (unpaired) electrons. The zero-order chi connectivity index (χ0) is 14.9. The number of hydrogen-bond donors (Lipinski definition) is 1. The summed E-state index contributed by atoms with van der Waals surface area (Å²) in [5, 5.41) is 3.72. The highest BCUT2D eigenvalue weighted by Gasteiger charge is 2.25. The van der Waals surface area contributed by atoms with Crippen LogP contribution in [-0.4, -0.2) is 13.6 Å². The molecule has 0 saturated carbocycles. The summed E-state index contributed by atoms with van der Waals surface area (Å²) >= 11 is 0. The number of sulfonamides is 1. The molecule has 0 bridgehead atoms. The number of nitrogens with zero attached hydrogens (tertiary/aromatic N) is 1. The number of rotatable bonds is 4. The summed E-state index contributed by atoms with van der Waals surface area (Å²) in [5.74, 6) is 0.191. The van der Waals surface area contributed by atoms with E-state index in [1.54, 1.807) is 13.0 Å². The monoisotopic (exact) mass is 306 g/mol. The molecule has 6 heteroatoms. The van der Waals surface area contributed by atoms with Gasteiger partial charge in [-0.1, -0.05) is 29.4 Å². The van der Waals surface area contributed by atoms with Crippen molar-refractivity contribution in [3.63, 3.8) is 0 Å². The standard InChI is InChI=1S/C15H18N2O3S/c1-11-9-13(20-16-11)10-21(18,19)17-15-8-4-6-12-5-2-3-7-14(12)15/h2-3,5,7,9,15,17H,4,6,8,10H2,1H3/t15-/m0/s1. The van der Waals surface area contributed by atoms with E-state index < -0.39 is 10.0 Å². The van der Waals surface area contributed by atoms with E-state index in [9.17, 15) is 8.42 Å². The van der Waals surface area contributed by atoms with E-state index >= 15 is 0 Å². The van der Waals surface area contributed by atoms with E-state index in [1.165, 1.54) is 5.56 Å². The van der Waals surface area contributed by atoms with Gasteiger partial charge in [-0.3, -0.25) is 0 Å². The fourth-order valence-corrected chi connectivity index (χ4v) is 4.08. The van der Waals surface area contributed by atoms with Crippen LogP contribution in [0.3, 0.4) is 0 Å². The molecule has 3 rings (SSSR count). The summed E-state index contributed by atoms with van der Waals surface area (Å²) in [4.78, 5) is 0. The lowest BCUT2D eigenvalue weighted by Crippen LogP contribution is -2.31. The van der Waals surface area contributed by atoms with Crippen LogP contribution in [0.15, 0.2) is 34.9 Å². The van der Waals surface area contributed by atoms with Gasteiger partial charge in [0, 0.05) is 12.1 Å². The fourth-order valence-electron chi connectivity index (χ4n) is 2.81. The Morgan fingerprint density at radius 1 is 1.38 bits per heavy atom. The van der Waals surface area contributed by atoms with Crippen molar-refractivity contribution in [1.29, 1.82) is 0 Å². The van der Waals surface area contributed by atoms with Gasteiger partial charge in [-0.15, -0.1) is 0 Å². The van der Waals surface area contributed by atoms with Crippen molar-refractivity contribution in [2.45, 2.75) is 38.0 Å². The third kappa shape index (κ3) is 3.33. The van der Waals surface area contributed by atoms with Crippen LogP contribution in [0.5, 0.6) is 0 Å². The van der Waals surface area contributed by atoms with Crippen molar-refractivity contribution in [3.05, 3.63) is 52.9 Å². The maximum Gasteiger partial charge on any atom is 0.219 e. The molecule has 0 amide bonds. The van der Waals surface area contributed by atoms with Crippen molar-refractivity contribution in [1.82, 2.24) is 9.88 Å². The fraction of sp³-hybridized carbons (Fsp3) is 0.400. The van der Waals surface area contributed by atoms with Gasteiger partial charge in [0.15, 0.2) is 5.76 Å². The van der Waals surface area contributed by atoms with Crippen molar-refractivity contribution in [3.8, 4) is 0 Å². The van der Waals surface area contributed by atoms with Crippen LogP contribution in [0, 0.1) is 6.92 Å². The zero-order valence-electron chi connectivity index (χ0n) is 11.9. The molecule has 1 heterocycles. The van der Waals surface area contributed by atoms with Crippen LogP contribution in [0.4, 0.5) is 0 Å². The Labute approximate surface area is 124 Å². The summed E-state index contributed by atoms with van der Waals surface area (Å²) in [6.45, 7) is 1.77. The predicted octanol–water partition coefficient (Wildman–Crippen LogP) is 2.48. The van der Waals surface area contributed by atoms with Gasteiger partial charge in [-0.25, -0.2) is 13.1 Å². The Hall–Kier alpha value is -1.66. The van der Waals surface area contributed by atoms with Gasteiger partial charge in [0.1, 0.15) is 5.75 Å². The van der Waals surface area contributed by atoms with E-state index in [-0.39, 0.29) is 11.8 Å². The maximum absolute atomic E-state index is 12.3. The van der Waals surface area contributed by atoms with Crippen LogP contribution in [0.1, 0.15) is 41.5 Å². The number of nitrogens with one attached hydrogen (secondary N) is 1. The Morgan fingerprint density at radius 2 is 2.19 bits per heavy atom. The van der Waals surface area contributed by atoms with Gasteiger partial charge in [-0.05, 0) is 37.3 Å². The summed E-state index contributed by atoms with van der Waals surface area (Å²) < 4.78 is 32.4. The molecule has 1 N–H and O–H groups in total. The molecule has 21 heavy (non-hydrogen) atoms. The lowest BCUT2D eigenvalue weighted by Gasteiger charge is -2.25. The molecule has 2 aromatic rings. The minimum atomic E-state index is -3.45. The number of fused-ring (bicyclic) bond motifs is 1. The van der Waals surface area contributed by atoms with Crippen LogP contribution in [0.2, 0.25) is 0 Å². The van der Waals surface area contributed by atoms with Gasteiger partial charge < -0.3 is 4.52 Å². The van der Waals surface area contributed by atoms with Crippen molar-refractivity contribution in [2.24, 2.45) is 0 Å². The first kappa shape index (κ1) is 14.3. The molecule has 0 spiro atoms. The first-order chi connectivity index (χ1) is 10.0. The first-order valence-electron chi connectivity index (χ1n) is 7.03. The number of aromatic nitrogens is 1. The molecule has 1 aromatic heterocycles. The lowest BCUT2D eigenvalue weighted by molar-refractivity contribution is 0.387. The molecule has 0 fully saturated rings. The van der Waals surface area contributed by atoms with Crippen molar-refractivity contribution in [2.75, 3.05) is 0 Å². The molecule has 5 nitrogen and oxygen atoms in total. The predicted molar refractivity (Wildman–Crippen MR) is 79.1 cm³/mol. The van der Waals surface area contributed by atoms with Crippen LogP contribution in [-0.2, 0) is 22.2 Å². The van der Waals surface area contributed by atoms with Crippen LogP contribution in [0.25, 0.3) is 0 Å². The molecule has 0 unspecified atom stereocenters. The van der Waals surface area contributed by atoms with E-state index in [4.69, 9.17) is 4.52 Å². The summed E-state index contributed by atoms with van der Waals surface area (Å²) in [7, 11) is -3.45. The average molecular weight is 306 g/mol. The maximum atomic E-state index is 12.3. The summed E-state index contributed by atoms with van der Waals surface area (Å²) in [5.41, 5.74) is 3.00. The Balaban J connectivity index is 1.77. The van der Waals surface area contributed by atoms with Gasteiger partial charge in [-0.2, -0.15) is 0 Å². The Bertz CT molecular complexity index is 737. The van der Waals surface area contributed by atoms with E-state index in [1.807, 2.05) is 18.2 Å². The number of hydrogen-bond acceptors (Lipinski definition) is 4. The van der Waals surface area contributed by atoms with Crippen molar-refractivity contribution < 1.29 is 12.9 Å². The van der Waals surface area contributed by atoms with E-state index in [2.05, 4.69) is 15.9 Å². The SMILES string of the molecule is Cc1cc(CS(=O)(=O)N[C@H]2CCCc3ccccc32)on1. The molecular weight excluding hydrogens is 288 g/mol. The normalized spacial score (nSPS) is 18.4.